The number of benzene rings is 1. The third kappa shape index (κ3) is 1.60. The van der Waals surface area contributed by atoms with Crippen LogP contribution in [-0.2, 0) is 0 Å². The van der Waals surface area contributed by atoms with Gasteiger partial charge in [0, 0.05) is 11.1 Å². The van der Waals surface area contributed by atoms with Crippen molar-refractivity contribution in [2.24, 2.45) is 0 Å². The van der Waals surface area contributed by atoms with Crippen molar-refractivity contribution in [1.29, 1.82) is 0 Å². The summed E-state index contributed by atoms with van der Waals surface area (Å²) < 4.78 is 22.9. The minimum atomic E-state index is -0.416. The average Bonchev–Trinajstić information content (AvgIpc) is 2.61. The van der Waals surface area contributed by atoms with Crippen molar-refractivity contribution < 1.29 is 13.7 Å². The van der Waals surface area contributed by atoms with Crippen LogP contribution in [0.2, 0.25) is 0 Å². The molecule has 0 fully saturated rings. The zero-order chi connectivity index (χ0) is 11.7. The molecule has 0 unspecified atom stereocenters. The second-order valence-corrected chi connectivity index (χ2v) is 3.37. The van der Waals surface area contributed by atoms with Crippen LogP contribution in [0.3, 0.4) is 0 Å². The number of ether oxygens (including phenoxy) is 1. The number of nitrogens with two attached hydrogens (primary N) is 1. The van der Waals surface area contributed by atoms with Gasteiger partial charge in [-0.25, -0.2) is 4.39 Å². The molecule has 1 heterocycles. The Kier molecular flexibility index (Phi) is 2.52. The van der Waals surface area contributed by atoms with Crippen LogP contribution in [0.25, 0.3) is 11.3 Å². The lowest BCUT2D eigenvalue weighted by Gasteiger charge is -2.03. The predicted octanol–water partition coefficient (Wildman–Crippen LogP) is 2.38. The van der Waals surface area contributed by atoms with Crippen LogP contribution in [0.5, 0.6) is 5.75 Å². The number of hydrogen-bond donors (Lipinski definition) is 1. The van der Waals surface area contributed by atoms with Crippen molar-refractivity contribution >= 4 is 5.88 Å². The average molecular weight is 222 g/mol. The van der Waals surface area contributed by atoms with Gasteiger partial charge in [-0.1, -0.05) is 5.16 Å². The highest BCUT2D eigenvalue weighted by Crippen LogP contribution is 2.29. The number of halogens is 1. The highest BCUT2D eigenvalue weighted by molar-refractivity contribution is 5.67. The van der Waals surface area contributed by atoms with E-state index in [2.05, 4.69) is 5.16 Å². The molecule has 84 valence electrons. The Balaban J connectivity index is 2.52. The number of hydrogen-bond acceptors (Lipinski definition) is 4. The van der Waals surface area contributed by atoms with E-state index < -0.39 is 5.82 Å². The molecule has 4 nitrogen and oxygen atoms in total. The van der Waals surface area contributed by atoms with Crippen LogP contribution in [0.1, 0.15) is 5.56 Å². The van der Waals surface area contributed by atoms with Crippen molar-refractivity contribution in [3.63, 3.8) is 0 Å². The second kappa shape index (κ2) is 3.84. The number of aromatic nitrogens is 1. The first-order valence-electron chi connectivity index (χ1n) is 4.69. The normalized spacial score (nSPS) is 10.4. The second-order valence-electron chi connectivity index (χ2n) is 3.37. The topological polar surface area (TPSA) is 61.3 Å². The molecule has 0 saturated carbocycles. The Morgan fingerprint density at radius 2 is 2.19 bits per heavy atom. The van der Waals surface area contributed by atoms with Crippen LogP contribution in [0.15, 0.2) is 22.7 Å². The lowest BCUT2D eigenvalue weighted by atomic mass is 10.1. The van der Waals surface area contributed by atoms with Crippen molar-refractivity contribution in [2.75, 3.05) is 12.8 Å². The van der Waals surface area contributed by atoms with E-state index in [0.717, 1.165) is 5.56 Å². The summed E-state index contributed by atoms with van der Waals surface area (Å²) in [6, 6.07) is 4.47. The fraction of sp³-hybridized carbons (Fsp3) is 0.182. The van der Waals surface area contributed by atoms with Crippen LogP contribution in [-0.4, -0.2) is 12.3 Å². The van der Waals surface area contributed by atoms with Crippen LogP contribution in [0, 0.1) is 12.7 Å². The molecule has 0 saturated heterocycles. The highest BCUT2D eigenvalue weighted by atomic mass is 19.1. The molecule has 1 aromatic carbocycles. The van der Waals surface area contributed by atoms with E-state index in [0.29, 0.717) is 11.3 Å². The van der Waals surface area contributed by atoms with E-state index in [1.54, 1.807) is 19.1 Å². The Morgan fingerprint density at radius 3 is 2.75 bits per heavy atom. The molecule has 2 aromatic rings. The Hall–Kier alpha value is -2.04. The van der Waals surface area contributed by atoms with Gasteiger partial charge in [-0.2, -0.15) is 0 Å². The van der Waals surface area contributed by atoms with Gasteiger partial charge in [0.15, 0.2) is 11.6 Å². The largest absolute Gasteiger partial charge is 0.494 e. The smallest absolute Gasteiger partial charge is 0.225 e. The first kappa shape index (κ1) is 10.5. The van der Waals surface area contributed by atoms with Crippen molar-refractivity contribution in [3.8, 4) is 17.0 Å². The minimum Gasteiger partial charge on any atom is -0.494 e. The van der Waals surface area contributed by atoms with Crippen molar-refractivity contribution in [2.45, 2.75) is 6.92 Å². The van der Waals surface area contributed by atoms with Gasteiger partial charge in [-0.05, 0) is 25.1 Å². The van der Waals surface area contributed by atoms with E-state index in [9.17, 15) is 4.39 Å². The number of methoxy groups -OCH3 is 1. The summed E-state index contributed by atoms with van der Waals surface area (Å²) in [5.41, 5.74) is 7.57. The summed E-state index contributed by atoms with van der Waals surface area (Å²) in [5.74, 6) is 0.0112. The zero-order valence-corrected chi connectivity index (χ0v) is 8.95. The van der Waals surface area contributed by atoms with Gasteiger partial charge in [0.2, 0.25) is 5.88 Å². The third-order valence-electron chi connectivity index (χ3n) is 2.38. The SMILES string of the molecule is COc1cc(-c2noc(N)c2C)ccc1F. The molecule has 0 radical (unpaired) electrons. The summed E-state index contributed by atoms with van der Waals surface area (Å²) in [6.07, 6.45) is 0. The molecular formula is C11H11FN2O2. The molecule has 2 rings (SSSR count). The summed E-state index contributed by atoms with van der Waals surface area (Å²) in [5, 5.41) is 3.81. The molecular weight excluding hydrogens is 211 g/mol. The molecule has 0 aliphatic carbocycles. The van der Waals surface area contributed by atoms with Gasteiger partial charge in [0.25, 0.3) is 0 Å². The van der Waals surface area contributed by atoms with Crippen LogP contribution in [0.4, 0.5) is 10.3 Å². The highest BCUT2D eigenvalue weighted by Gasteiger charge is 2.13. The van der Waals surface area contributed by atoms with E-state index in [-0.39, 0.29) is 11.6 Å². The fourth-order valence-corrected chi connectivity index (χ4v) is 1.42. The maximum absolute atomic E-state index is 13.2. The Bertz CT molecular complexity index is 523. The van der Waals surface area contributed by atoms with Gasteiger partial charge in [0.05, 0.1) is 7.11 Å². The monoisotopic (exact) mass is 222 g/mol. The molecule has 0 atom stereocenters. The molecule has 2 N–H and O–H groups in total. The number of nitrogens with zero attached hydrogens (tertiary/aromatic N) is 1. The van der Waals surface area contributed by atoms with Crippen molar-refractivity contribution in [1.82, 2.24) is 5.16 Å². The molecule has 1 aromatic heterocycles. The standard InChI is InChI=1S/C11H11FN2O2/c1-6-10(14-16-11(6)13)7-3-4-8(12)9(5-7)15-2/h3-5H,13H2,1-2H3. The zero-order valence-electron chi connectivity index (χ0n) is 8.95. The number of rotatable bonds is 2. The van der Waals surface area contributed by atoms with Gasteiger partial charge in [-0.15, -0.1) is 0 Å². The van der Waals surface area contributed by atoms with Crippen molar-refractivity contribution in [3.05, 3.63) is 29.6 Å². The molecule has 0 amide bonds. The fourth-order valence-electron chi connectivity index (χ4n) is 1.42. The van der Waals surface area contributed by atoms with E-state index in [4.69, 9.17) is 15.0 Å². The van der Waals surface area contributed by atoms with Gasteiger partial charge in [-0.3, -0.25) is 0 Å². The Morgan fingerprint density at radius 1 is 1.44 bits per heavy atom. The molecule has 0 spiro atoms. The summed E-state index contributed by atoms with van der Waals surface area (Å²) in [6.45, 7) is 1.79. The molecule has 0 bridgehead atoms. The number of nitrogen functional groups attached to an aromatic ring is 1. The summed E-state index contributed by atoms with van der Waals surface area (Å²) >= 11 is 0. The third-order valence-corrected chi connectivity index (χ3v) is 2.38. The summed E-state index contributed by atoms with van der Waals surface area (Å²) in [4.78, 5) is 0. The Labute approximate surface area is 91.8 Å². The van der Waals surface area contributed by atoms with E-state index in [1.807, 2.05) is 0 Å². The summed E-state index contributed by atoms with van der Waals surface area (Å²) in [7, 11) is 1.41. The van der Waals surface area contributed by atoms with Gasteiger partial charge in [0.1, 0.15) is 5.69 Å². The lowest BCUT2D eigenvalue weighted by Crippen LogP contribution is -1.90. The first-order chi connectivity index (χ1) is 7.63. The maximum atomic E-state index is 13.2. The van der Waals surface area contributed by atoms with Gasteiger partial charge < -0.3 is 15.0 Å². The minimum absolute atomic E-state index is 0.165. The van der Waals surface area contributed by atoms with Crippen LogP contribution >= 0.6 is 0 Å². The lowest BCUT2D eigenvalue weighted by molar-refractivity contribution is 0.386. The molecule has 0 aliphatic heterocycles. The van der Waals surface area contributed by atoms with Gasteiger partial charge >= 0.3 is 0 Å². The quantitative estimate of drug-likeness (QED) is 0.847. The molecule has 16 heavy (non-hydrogen) atoms. The molecule has 0 aliphatic rings. The first-order valence-corrected chi connectivity index (χ1v) is 4.69. The molecule has 5 heteroatoms. The number of anilines is 1. The maximum Gasteiger partial charge on any atom is 0.225 e. The van der Waals surface area contributed by atoms with Crippen LogP contribution < -0.4 is 10.5 Å². The predicted molar refractivity (Wildman–Crippen MR) is 57.6 cm³/mol. The van der Waals surface area contributed by atoms with E-state index in [1.165, 1.54) is 13.2 Å². The van der Waals surface area contributed by atoms with E-state index >= 15 is 0 Å².